The minimum atomic E-state index is -1.20. The van der Waals surface area contributed by atoms with Gasteiger partial charge in [0.05, 0.1) is 24.5 Å². The van der Waals surface area contributed by atoms with Crippen molar-refractivity contribution in [2.45, 2.75) is 0 Å². The number of carbonyl (C=O) groups is 1. The number of carboxylic acid groups (broad SMARTS) is 1. The van der Waals surface area contributed by atoms with Gasteiger partial charge in [0.1, 0.15) is 0 Å². The van der Waals surface area contributed by atoms with Crippen molar-refractivity contribution < 1.29 is 24.4 Å². The van der Waals surface area contributed by atoms with Gasteiger partial charge in [-0.05, 0) is 22.4 Å². The molecule has 1 aromatic carbocycles. The molecule has 2 rings (SSSR count). The molecule has 0 unspecified atom stereocenters. The Bertz CT molecular complexity index is 696. The third-order valence-corrected chi connectivity index (χ3v) is 2.49. The summed E-state index contributed by atoms with van der Waals surface area (Å²) in [5, 5.41) is 29.3. The van der Waals surface area contributed by atoms with Gasteiger partial charge < -0.3 is 20.7 Å². The minimum Gasteiger partial charge on any atom is -0.504 e. The molecule has 0 atom stereocenters. The van der Waals surface area contributed by atoms with Gasteiger partial charge in [-0.3, -0.25) is 5.43 Å². The van der Waals surface area contributed by atoms with Crippen LogP contribution >= 0.6 is 0 Å². The Morgan fingerprint density at radius 2 is 2.29 bits per heavy atom. The highest BCUT2D eigenvalue weighted by Crippen LogP contribution is 2.31. The number of nitrogens with zero attached hydrogens (tertiary/aromatic N) is 3. The summed E-state index contributed by atoms with van der Waals surface area (Å²) in [6, 6.07) is 2.44. The molecule has 21 heavy (non-hydrogen) atoms. The second-order valence-corrected chi connectivity index (χ2v) is 3.75. The number of hydrogen-bond acceptors (Lipinski definition) is 9. The molecule has 1 heterocycles. The lowest BCUT2D eigenvalue weighted by Crippen LogP contribution is -2.05. The fourth-order valence-corrected chi connectivity index (χ4v) is 1.55. The molecule has 0 aliphatic carbocycles. The Labute approximate surface area is 117 Å². The number of nitrogen functional groups attached to an aromatic ring is 1. The average Bonchev–Trinajstić information content (AvgIpc) is 2.84. The SMILES string of the molecule is COc1c(O)ccc(C(=O)O)c1C=NNc1nonc1N. The number of ether oxygens (including phenoxy) is 1. The van der Waals surface area contributed by atoms with Crippen LogP contribution in [0, 0.1) is 0 Å². The van der Waals surface area contributed by atoms with Crippen molar-refractivity contribution in [1.29, 1.82) is 0 Å². The van der Waals surface area contributed by atoms with Crippen molar-refractivity contribution in [3.8, 4) is 11.5 Å². The zero-order chi connectivity index (χ0) is 15.4. The first kappa shape index (κ1) is 14.1. The lowest BCUT2D eigenvalue weighted by molar-refractivity contribution is 0.0696. The smallest absolute Gasteiger partial charge is 0.336 e. The molecule has 110 valence electrons. The van der Waals surface area contributed by atoms with Crippen LogP contribution in [0.1, 0.15) is 15.9 Å². The van der Waals surface area contributed by atoms with Crippen LogP contribution in [0.2, 0.25) is 0 Å². The van der Waals surface area contributed by atoms with E-state index in [1.165, 1.54) is 19.2 Å². The summed E-state index contributed by atoms with van der Waals surface area (Å²) in [6.07, 6.45) is 1.15. The van der Waals surface area contributed by atoms with Crippen molar-refractivity contribution in [3.05, 3.63) is 23.3 Å². The molecule has 5 N–H and O–H groups in total. The number of rotatable bonds is 5. The van der Waals surface area contributed by atoms with E-state index in [4.69, 9.17) is 15.6 Å². The van der Waals surface area contributed by atoms with Crippen LogP contribution in [-0.4, -0.2) is 39.8 Å². The molecule has 10 heteroatoms. The number of nitrogens with two attached hydrogens (primary N) is 1. The van der Waals surface area contributed by atoms with Gasteiger partial charge in [-0.15, -0.1) is 0 Å². The molecular weight excluding hydrogens is 282 g/mol. The fourth-order valence-electron chi connectivity index (χ4n) is 1.55. The van der Waals surface area contributed by atoms with Crippen LogP contribution in [0.5, 0.6) is 11.5 Å². The van der Waals surface area contributed by atoms with E-state index in [1.54, 1.807) is 0 Å². The van der Waals surface area contributed by atoms with Crippen molar-refractivity contribution in [3.63, 3.8) is 0 Å². The topological polar surface area (TPSA) is 156 Å². The number of methoxy groups -OCH3 is 1. The van der Waals surface area contributed by atoms with Gasteiger partial charge in [0.2, 0.25) is 11.6 Å². The predicted octanol–water partition coefficient (Wildman–Crippen LogP) is 0.510. The largest absolute Gasteiger partial charge is 0.504 e. The molecule has 2 aromatic rings. The first-order valence-corrected chi connectivity index (χ1v) is 5.55. The highest BCUT2D eigenvalue weighted by molar-refractivity contribution is 6.01. The number of hydrazone groups is 1. The molecule has 0 radical (unpaired) electrons. The number of carboxylic acids is 1. The zero-order valence-electron chi connectivity index (χ0n) is 10.8. The normalized spacial score (nSPS) is 10.7. The van der Waals surface area contributed by atoms with Crippen LogP contribution in [0.4, 0.5) is 11.6 Å². The Morgan fingerprint density at radius 3 is 2.86 bits per heavy atom. The monoisotopic (exact) mass is 293 g/mol. The van der Waals surface area contributed by atoms with Crippen LogP contribution < -0.4 is 15.9 Å². The zero-order valence-corrected chi connectivity index (χ0v) is 10.8. The average molecular weight is 293 g/mol. The first-order valence-electron chi connectivity index (χ1n) is 5.55. The van der Waals surface area contributed by atoms with Crippen LogP contribution in [0.3, 0.4) is 0 Å². The molecule has 0 fully saturated rings. The number of hydrogen-bond donors (Lipinski definition) is 4. The number of nitrogens with one attached hydrogen (secondary N) is 1. The Balaban J connectivity index is 2.35. The number of benzene rings is 1. The summed E-state index contributed by atoms with van der Waals surface area (Å²) in [5.74, 6) is -1.37. The number of phenolic OH excluding ortho intramolecular Hbond substituents is 1. The molecule has 0 spiro atoms. The summed E-state index contributed by atoms with van der Waals surface area (Å²) in [6.45, 7) is 0. The van der Waals surface area contributed by atoms with E-state index in [-0.39, 0.29) is 34.3 Å². The Kier molecular flexibility index (Phi) is 3.88. The van der Waals surface area contributed by atoms with E-state index in [2.05, 4.69) is 25.5 Å². The first-order chi connectivity index (χ1) is 10.0. The fraction of sp³-hybridized carbons (Fsp3) is 0.0909. The number of anilines is 2. The maximum Gasteiger partial charge on any atom is 0.336 e. The third-order valence-electron chi connectivity index (χ3n) is 2.49. The van der Waals surface area contributed by atoms with Gasteiger partial charge in [0.25, 0.3) is 0 Å². The van der Waals surface area contributed by atoms with Crippen molar-refractivity contribution in [2.75, 3.05) is 18.3 Å². The van der Waals surface area contributed by atoms with E-state index in [1.807, 2.05) is 0 Å². The van der Waals surface area contributed by atoms with Crippen LogP contribution in [-0.2, 0) is 0 Å². The van der Waals surface area contributed by atoms with E-state index in [0.29, 0.717) is 0 Å². The standard InChI is InChI=1S/C11H11N5O5/c1-20-8-6(5(11(18)19)2-3-7(8)17)4-13-14-10-9(12)15-21-16-10/h2-4,17H,1H3,(H2,12,15)(H,14,16)(H,18,19). The summed E-state index contributed by atoms with van der Waals surface area (Å²) < 4.78 is 9.33. The molecule has 0 amide bonds. The molecule has 0 saturated carbocycles. The number of aromatic carboxylic acids is 1. The lowest BCUT2D eigenvalue weighted by Gasteiger charge is -2.09. The van der Waals surface area contributed by atoms with Gasteiger partial charge in [0, 0.05) is 0 Å². The Morgan fingerprint density at radius 1 is 1.52 bits per heavy atom. The summed E-state index contributed by atoms with van der Waals surface area (Å²) >= 11 is 0. The minimum absolute atomic E-state index is 0.00604. The number of phenols is 1. The number of aromatic hydroxyl groups is 1. The van der Waals surface area contributed by atoms with Gasteiger partial charge in [-0.25, -0.2) is 9.42 Å². The summed E-state index contributed by atoms with van der Waals surface area (Å²) in [4.78, 5) is 11.2. The molecule has 1 aromatic heterocycles. The maximum atomic E-state index is 11.2. The maximum absolute atomic E-state index is 11.2. The van der Waals surface area contributed by atoms with Gasteiger partial charge >= 0.3 is 5.97 Å². The highest BCUT2D eigenvalue weighted by Gasteiger charge is 2.17. The molecule has 0 saturated heterocycles. The van der Waals surface area contributed by atoms with E-state index >= 15 is 0 Å². The van der Waals surface area contributed by atoms with Crippen LogP contribution in [0.25, 0.3) is 0 Å². The van der Waals surface area contributed by atoms with Crippen molar-refractivity contribution in [2.24, 2.45) is 5.10 Å². The van der Waals surface area contributed by atoms with Crippen LogP contribution in [0.15, 0.2) is 21.9 Å². The second-order valence-electron chi connectivity index (χ2n) is 3.75. The highest BCUT2D eigenvalue weighted by atomic mass is 16.6. The molecule has 0 aliphatic heterocycles. The quantitative estimate of drug-likeness (QED) is 0.455. The molecule has 10 nitrogen and oxygen atoms in total. The molecule has 0 bridgehead atoms. The predicted molar refractivity (Wildman–Crippen MR) is 71.5 cm³/mol. The molecular formula is C11H11N5O5. The van der Waals surface area contributed by atoms with Crippen molar-refractivity contribution >= 4 is 23.8 Å². The Hall–Kier alpha value is -3.30. The van der Waals surface area contributed by atoms with E-state index < -0.39 is 5.97 Å². The van der Waals surface area contributed by atoms with Gasteiger partial charge in [0.15, 0.2) is 11.5 Å². The van der Waals surface area contributed by atoms with E-state index in [0.717, 1.165) is 6.21 Å². The van der Waals surface area contributed by atoms with Gasteiger partial charge in [-0.1, -0.05) is 0 Å². The third kappa shape index (κ3) is 2.83. The second kappa shape index (κ2) is 5.77. The summed E-state index contributed by atoms with van der Waals surface area (Å²) in [5.41, 5.74) is 7.82. The van der Waals surface area contributed by atoms with E-state index in [9.17, 15) is 9.90 Å². The molecule has 0 aliphatic rings. The summed E-state index contributed by atoms with van der Waals surface area (Å²) in [7, 11) is 1.30. The lowest BCUT2D eigenvalue weighted by atomic mass is 10.1. The van der Waals surface area contributed by atoms with Crippen molar-refractivity contribution in [1.82, 2.24) is 10.3 Å². The number of aromatic nitrogens is 2. The van der Waals surface area contributed by atoms with Gasteiger partial charge in [-0.2, -0.15) is 5.10 Å².